The molecule has 2 rings (SSSR count). The Bertz CT molecular complexity index is 794. The number of hydrogen-bond acceptors (Lipinski definition) is 4. The van der Waals surface area contributed by atoms with Gasteiger partial charge in [0.25, 0.3) is 0 Å². The number of rotatable bonds is 6. The molecule has 2 atom stereocenters. The Hall–Kier alpha value is -2.12. The summed E-state index contributed by atoms with van der Waals surface area (Å²) >= 11 is 5.98. The van der Waals surface area contributed by atoms with Crippen molar-refractivity contribution in [3.8, 4) is 0 Å². The second kappa shape index (κ2) is 9.35. The van der Waals surface area contributed by atoms with Crippen LogP contribution in [-0.4, -0.2) is 53.4 Å². The van der Waals surface area contributed by atoms with Crippen molar-refractivity contribution in [1.82, 2.24) is 15.5 Å². The molecule has 3 amide bonds. The highest BCUT2D eigenvalue weighted by molar-refractivity contribution is 6.30. The van der Waals surface area contributed by atoms with E-state index in [2.05, 4.69) is 10.6 Å². The monoisotopic (exact) mass is 437 g/mol. The van der Waals surface area contributed by atoms with Gasteiger partial charge in [0.2, 0.25) is 5.91 Å². The molecule has 1 saturated heterocycles. The largest absolute Gasteiger partial charge is 0.384 e. The highest BCUT2D eigenvalue weighted by atomic mass is 35.5. The summed E-state index contributed by atoms with van der Waals surface area (Å²) in [7, 11) is 0. The van der Waals surface area contributed by atoms with E-state index in [1.807, 2.05) is 39.8 Å². The second-order valence-electron chi connectivity index (χ2n) is 9.01. The van der Waals surface area contributed by atoms with Crippen molar-refractivity contribution in [3.63, 3.8) is 0 Å². The van der Waals surface area contributed by atoms with E-state index in [0.717, 1.165) is 5.56 Å². The Labute approximate surface area is 183 Å². The highest BCUT2D eigenvalue weighted by Crippen LogP contribution is 2.46. The molecule has 0 saturated carbocycles. The van der Waals surface area contributed by atoms with Crippen molar-refractivity contribution in [1.29, 1.82) is 0 Å². The molecular weight excluding hydrogens is 406 g/mol. The van der Waals surface area contributed by atoms with Crippen LogP contribution >= 0.6 is 11.6 Å². The number of amides is 3. The van der Waals surface area contributed by atoms with Crippen LogP contribution in [0.1, 0.15) is 46.6 Å². The number of urea groups is 1. The third-order valence-corrected chi connectivity index (χ3v) is 6.05. The Balaban J connectivity index is 2.14. The first-order valence-corrected chi connectivity index (χ1v) is 10.6. The molecule has 3 N–H and O–H groups in total. The molecule has 1 aromatic carbocycles. The van der Waals surface area contributed by atoms with E-state index in [0.29, 0.717) is 24.5 Å². The van der Waals surface area contributed by atoms with Gasteiger partial charge in [-0.2, -0.15) is 0 Å². The predicted molar refractivity (Wildman–Crippen MR) is 116 cm³/mol. The van der Waals surface area contributed by atoms with E-state index in [1.54, 1.807) is 17.0 Å². The lowest BCUT2D eigenvalue weighted by Gasteiger charge is -2.51. The number of piperidine rings is 1. The zero-order valence-corrected chi connectivity index (χ0v) is 19.0. The minimum atomic E-state index is -1.10. The van der Waals surface area contributed by atoms with Crippen LogP contribution in [0.4, 0.5) is 4.79 Å². The van der Waals surface area contributed by atoms with Crippen molar-refractivity contribution in [2.24, 2.45) is 11.3 Å². The Kier molecular flexibility index (Phi) is 7.53. The number of carbonyl (C=O) groups excluding carboxylic acids is 3. The summed E-state index contributed by atoms with van der Waals surface area (Å²) in [5.41, 5.74) is -0.952. The van der Waals surface area contributed by atoms with E-state index < -0.39 is 23.1 Å². The molecule has 1 fully saturated rings. The molecule has 0 aromatic heterocycles. The highest BCUT2D eigenvalue weighted by Gasteiger charge is 2.50. The first kappa shape index (κ1) is 24.2. The SMILES string of the molecule is CC(=O)CNC(=O)N[C@@H](C(=O)N1CC[C@](O)(c2ccc(Cl)cc2)C(C)(C)C1)C(C)C. The van der Waals surface area contributed by atoms with Gasteiger partial charge < -0.3 is 20.6 Å². The molecular formula is C22H32ClN3O4. The van der Waals surface area contributed by atoms with Gasteiger partial charge in [-0.25, -0.2) is 4.79 Å². The molecule has 0 bridgehead atoms. The number of hydrogen-bond donors (Lipinski definition) is 3. The average Bonchev–Trinajstić information content (AvgIpc) is 2.66. The second-order valence-corrected chi connectivity index (χ2v) is 9.45. The van der Waals surface area contributed by atoms with Crippen molar-refractivity contribution in [2.45, 2.75) is 52.7 Å². The Morgan fingerprint density at radius 3 is 2.30 bits per heavy atom. The maximum absolute atomic E-state index is 13.2. The van der Waals surface area contributed by atoms with Gasteiger partial charge in [-0.15, -0.1) is 0 Å². The fourth-order valence-electron chi connectivity index (χ4n) is 3.88. The Morgan fingerprint density at radius 1 is 1.20 bits per heavy atom. The standard InChI is InChI=1S/C22H32ClN3O4/c1-14(2)18(25-20(29)24-12-15(3)27)19(28)26-11-10-22(30,21(4,5)13-26)16-6-8-17(23)9-7-16/h6-9,14,18,30H,10-13H2,1-5H3,(H2,24,25,29)/t18-,22+/m1/s1. The zero-order chi connectivity index (χ0) is 22.7. The van der Waals surface area contributed by atoms with Crippen molar-refractivity contribution in [3.05, 3.63) is 34.9 Å². The maximum Gasteiger partial charge on any atom is 0.315 e. The van der Waals surface area contributed by atoms with Gasteiger partial charge in [-0.05, 0) is 37.0 Å². The van der Waals surface area contributed by atoms with Gasteiger partial charge in [0.05, 0.1) is 12.1 Å². The molecule has 30 heavy (non-hydrogen) atoms. The van der Waals surface area contributed by atoms with Gasteiger partial charge in [0, 0.05) is 23.5 Å². The van der Waals surface area contributed by atoms with Gasteiger partial charge in [0.1, 0.15) is 11.8 Å². The summed E-state index contributed by atoms with van der Waals surface area (Å²) in [4.78, 5) is 38.1. The van der Waals surface area contributed by atoms with Gasteiger partial charge in [-0.3, -0.25) is 9.59 Å². The molecule has 166 valence electrons. The normalized spacial score (nSPS) is 21.8. The molecule has 0 unspecified atom stereocenters. The maximum atomic E-state index is 13.2. The lowest BCUT2D eigenvalue weighted by molar-refractivity contribution is -0.155. The van der Waals surface area contributed by atoms with Crippen LogP contribution in [-0.2, 0) is 15.2 Å². The number of aliphatic hydroxyl groups is 1. The van der Waals surface area contributed by atoms with Crippen LogP contribution in [0, 0.1) is 11.3 Å². The average molecular weight is 438 g/mol. The lowest BCUT2D eigenvalue weighted by Crippen LogP contribution is -2.61. The quantitative estimate of drug-likeness (QED) is 0.637. The van der Waals surface area contributed by atoms with Crippen LogP contribution < -0.4 is 10.6 Å². The fraction of sp³-hybridized carbons (Fsp3) is 0.591. The number of Topliss-reactive ketones (excluding diaryl/α,β-unsaturated/α-hetero) is 1. The summed E-state index contributed by atoms with van der Waals surface area (Å²) < 4.78 is 0. The summed E-state index contributed by atoms with van der Waals surface area (Å²) in [6.07, 6.45) is 0.370. The van der Waals surface area contributed by atoms with E-state index >= 15 is 0 Å². The summed E-state index contributed by atoms with van der Waals surface area (Å²) in [5, 5.41) is 17.2. The van der Waals surface area contributed by atoms with E-state index in [-0.39, 0.29) is 24.2 Å². The molecule has 1 aliphatic heterocycles. The van der Waals surface area contributed by atoms with Crippen LogP contribution in [0.5, 0.6) is 0 Å². The summed E-state index contributed by atoms with van der Waals surface area (Å²) in [6, 6.07) is 5.86. The van der Waals surface area contributed by atoms with E-state index in [9.17, 15) is 19.5 Å². The van der Waals surface area contributed by atoms with Gasteiger partial charge in [-0.1, -0.05) is 51.4 Å². The molecule has 0 aliphatic carbocycles. The fourth-order valence-corrected chi connectivity index (χ4v) is 4.00. The van der Waals surface area contributed by atoms with Gasteiger partial charge in [0.15, 0.2) is 0 Å². The number of likely N-dealkylation sites (tertiary alicyclic amines) is 1. The minimum absolute atomic E-state index is 0.0876. The lowest BCUT2D eigenvalue weighted by atomic mass is 9.66. The molecule has 7 nitrogen and oxygen atoms in total. The molecule has 1 heterocycles. The van der Waals surface area contributed by atoms with Crippen LogP contribution in [0.2, 0.25) is 5.02 Å². The number of carbonyl (C=O) groups is 3. The minimum Gasteiger partial charge on any atom is -0.384 e. The van der Waals surface area contributed by atoms with Gasteiger partial charge >= 0.3 is 6.03 Å². The smallest absolute Gasteiger partial charge is 0.315 e. The predicted octanol–water partition coefficient (Wildman–Crippen LogP) is 2.70. The Morgan fingerprint density at radius 2 is 1.80 bits per heavy atom. The molecule has 1 aliphatic rings. The molecule has 0 spiro atoms. The first-order valence-electron chi connectivity index (χ1n) is 10.2. The number of nitrogens with one attached hydrogen (secondary N) is 2. The summed E-state index contributed by atoms with van der Waals surface area (Å²) in [6.45, 7) is 9.56. The number of benzene rings is 1. The molecule has 1 aromatic rings. The molecule has 0 radical (unpaired) electrons. The molecule has 8 heteroatoms. The van der Waals surface area contributed by atoms with Crippen LogP contribution in [0.3, 0.4) is 0 Å². The number of ketones is 1. The third kappa shape index (κ3) is 5.32. The summed E-state index contributed by atoms with van der Waals surface area (Å²) in [5.74, 6) is -0.508. The van der Waals surface area contributed by atoms with E-state index in [1.165, 1.54) is 6.92 Å². The topological polar surface area (TPSA) is 98.7 Å². The zero-order valence-electron chi connectivity index (χ0n) is 18.3. The van der Waals surface area contributed by atoms with Crippen LogP contribution in [0.15, 0.2) is 24.3 Å². The van der Waals surface area contributed by atoms with Crippen molar-refractivity contribution in [2.75, 3.05) is 19.6 Å². The van der Waals surface area contributed by atoms with Crippen molar-refractivity contribution < 1.29 is 19.5 Å². The van der Waals surface area contributed by atoms with Crippen molar-refractivity contribution >= 4 is 29.3 Å². The first-order chi connectivity index (χ1) is 13.9. The number of halogens is 1. The third-order valence-electron chi connectivity index (χ3n) is 5.80. The van der Waals surface area contributed by atoms with E-state index in [4.69, 9.17) is 11.6 Å². The van der Waals surface area contributed by atoms with Crippen LogP contribution in [0.25, 0.3) is 0 Å². The number of nitrogens with zero attached hydrogens (tertiary/aromatic N) is 1.